The average Bonchev–Trinajstić information content (AvgIpc) is 2.78. The van der Waals surface area contributed by atoms with Gasteiger partial charge in [0.1, 0.15) is 11.6 Å². The van der Waals surface area contributed by atoms with Crippen LogP contribution in [0.1, 0.15) is 50.0 Å². The van der Waals surface area contributed by atoms with Gasteiger partial charge in [-0.15, -0.1) is 0 Å². The molecule has 1 aliphatic rings. The number of nitrogens with zero attached hydrogens (tertiary/aromatic N) is 2. The van der Waals surface area contributed by atoms with Crippen LogP contribution in [0.15, 0.2) is 0 Å². The summed E-state index contributed by atoms with van der Waals surface area (Å²) in [5, 5.41) is 3.32. The van der Waals surface area contributed by atoms with E-state index in [1.807, 2.05) is 0 Å². The zero-order chi connectivity index (χ0) is 11.5. The molecule has 0 spiro atoms. The predicted molar refractivity (Wildman–Crippen MR) is 74.9 cm³/mol. The lowest BCUT2D eigenvalue weighted by molar-refractivity contribution is 0.663. The predicted octanol–water partition coefficient (Wildman–Crippen LogP) is 3.48. The molecule has 88 valence electrons. The maximum Gasteiger partial charge on any atom is 0.143 e. The number of aryl methyl sites for hydroxylation is 1. The molecule has 0 saturated heterocycles. The second-order valence-electron chi connectivity index (χ2n) is 4.34. The Balaban J connectivity index is 2.31. The van der Waals surface area contributed by atoms with Crippen LogP contribution in [0.25, 0.3) is 0 Å². The summed E-state index contributed by atoms with van der Waals surface area (Å²) < 4.78 is 1.15. The van der Waals surface area contributed by atoms with Gasteiger partial charge in [-0.2, -0.15) is 0 Å². The van der Waals surface area contributed by atoms with Crippen molar-refractivity contribution in [2.75, 3.05) is 11.9 Å². The lowest BCUT2D eigenvalue weighted by Gasteiger charge is -2.13. The van der Waals surface area contributed by atoms with Crippen molar-refractivity contribution in [2.24, 2.45) is 0 Å². The Hall–Kier alpha value is -0.390. The summed E-state index contributed by atoms with van der Waals surface area (Å²) >= 11 is 2.32. The zero-order valence-electron chi connectivity index (χ0n) is 9.89. The average molecular weight is 331 g/mol. The second-order valence-corrected chi connectivity index (χ2v) is 5.42. The largest absolute Gasteiger partial charge is 0.369 e. The first kappa shape index (κ1) is 12.1. The standard InChI is InChI=1S/C12H18IN3/c1-3-14-12-10(13)8(2)15-11(16-12)9-6-4-5-7-9/h9H,3-7H2,1-2H3,(H,14,15,16). The number of hydrogen-bond donors (Lipinski definition) is 1. The van der Waals surface area contributed by atoms with E-state index in [1.165, 1.54) is 25.7 Å². The molecule has 0 unspecified atom stereocenters. The fraction of sp³-hybridized carbons (Fsp3) is 0.667. The highest BCUT2D eigenvalue weighted by molar-refractivity contribution is 14.1. The normalized spacial score (nSPS) is 16.7. The summed E-state index contributed by atoms with van der Waals surface area (Å²) in [7, 11) is 0. The SMILES string of the molecule is CCNc1nc(C2CCCC2)nc(C)c1I. The van der Waals surface area contributed by atoms with Crippen molar-refractivity contribution >= 4 is 28.4 Å². The van der Waals surface area contributed by atoms with E-state index < -0.39 is 0 Å². The Bertz CT molecular complexity index is 373. The summed E-state index contributed by atoms with van der Waals surface area (Å²) in [5.41, 5.74) is 1.11. The topological polar surface area (TPSA) is 37.8 Å². The molecule has 1 aromatic heterocycles. The van der Waals surface area contributed by atoms with Crippen LogP contribution in [0.5, 0.6) is 0 Å². The summed E-state index contributed by atoms with van der Waals surface area (Å²) in [6, 6.07) is 0. The quantitative estimate of drug-likeness (QED) is 0.862. The number of aromatic nitrogens is 2. The van der Waals surface area contributed by atoms with Gasteiger partial charge in [-0.05, 0) is 49.3 Å². The van der Waals surface area contributed by atoms with Gasteiger partial charge in [0.05, 0.1) is 9.26 Å². The molecule has 0 bridgehead atoms. The van der Waals surface area contributed by atoms with Crippen LogP contribution < -0.4 is 5.32 Å². The molecule has 0 aliphatic heterocycles. The third-order valence-corrected chi connectivity index (χ3v) is 4.39. The van der Waals surface area contributed by atoms with Gasteiger partial charge in [0.25, 0.3) is 0 Å². The fourth-order valence-electron chi connectivity index (χ4n) is 2.23. The van der Waals surface area contributed by atoms with E-state index in [0.29, 0.717) is 5.92 Å². The first-order valence-corrected chi connectivity index (χ1v) is 7.08. The van der Waals surface area contributed by atoms with Crippen LogP contribution >= 0.6 is 22.6 Å². The monoisotopic (exact) mass is 331 g/mol. The fourth-order valence-corrected chi connectivity index (χ4v) is 2.66. The van der Waals surface area contributed by atoms with Crippen LogP contribution in [0.4, 0.5) is 5.82 Å². The molecule has 1 heterocycles. The van der Waals surface area contributed by atoms with E-state index in [9.17, 15) is 0 Å². The molecule has 0 radical (unpaired) electrons. The van der Waals surface area contributed by atoms with Crippen molar-refractivity contribution in [3.05, 3.63) is 15.1 Å². The molecule has 16 heavy (non-hydrogen) atoms. The van der Waals surface area contributed by atoms with E-state index in [2.05, 4.69) is 51.7 Å². The van der Waals surface area contributed by atoms with Crippen molar-refractivity contribution in [3.63, 3.8) is 0 Å². The second kappa shape index (κ2) is 5.29. The molecule has 1 saturated carbocycles. The Kier molecular flexibility index (Phi) is 4.00. The number of nitrogens with one attached hydrogen (secondary N) is 1. The molecular formula is C12H18IN3. The number of rotatable bonds is 3. The summed E-state index contributed by atoms with van der Waals surface area (Å²) in [6.45, 7) is 5.09. The van der Waals surface area contributed by atoms with Crippen LogP contribution in [-0.4, -0.2) is 16.5 Å². The van der Waals surface area contributed by atoms with Crippen LogP contribution in [0.2, 0.25) is 0 Å². The molecule has 0 atom stereocenters. The van der Waals surface area contributed by atoms with Crippen molar-refractivity contribution < 1.29 is 0 Å². The highest BCUT2D eigenvalue weighted by Gasteiger charge is 2.21. The Morgan fingerprint density at radius 2 is 2.00 bits per heavy atom. The van der Waals surface area contributed by atoms with Gasteiger partial charge in [0.2, 0.25) is 0 Å². The van der Waals surface area contributed by atoms with Crippen LogP contribution in [-0.2, 0) is 0 Å². The van der Waals surface area contributed by atoms with E-state index >= 15 is 0 Å². The van der Waals surface area contributed by atoms with E-state index in [-0.39, 0.29) is 0 Å². The Morgan fingerprint density at radius 1 is 1.31 bits per heavy atom. The maximum absolute atomic E-state index is 4.68. The van der Waals surface area contributed by atoms with E-state index in [0.717, 1.165) is 27.5 Å². The number of anilines is 1. The highest BCUT2D eigenvalue weighted by atomic mass is 127. The van der Waals surface area contributed by atoms with Gasteiger partial charge >= 0.3 is 0 Å². The molecular weight excluding hydrogens is 313 g/mol. The molecule has 1 fully saturated rings. The molecule has 4 heteroatoms. The molecule has 2 rings (SSSR count). The van der Waals surface area contributed by atoms with Crippen molar-refractivity contribution in [3.8, 4) is 0 Å². The third-order valence-electron chi connectivity index (χ3n) is 3.10. The molecule has 3 nitrogen and oxygen atoms in total. The van der Waals surface area contributed by atoms with Crippen molar-refractivity contribution in [2.45, 2.75) is 45.4 Å². The minimum absolute atomic E-state index is 0.591. The first-order chi connectivity index (χ1) is 7.72. The van der Waals surface area contributed by atoms with Gasteiger partial charge in [-0.25, -0.2) is 9.97 Å². The molecule has 1 aliphatic carbocycles. The Morgan fingerprint density at radius 3 is 2.62 bits per heavy atom. The summed E-state index contributed by atoms with van der Waals surface area (Å²) in [6.07, 6.45) is 5.17. The first-order valence-electron chi connectivity index (χ1n) is 6.00. The van der Waals surface area contributed by atoms with Crippen molar-refractivity contribution in [1.82, 2.24) is 9.97 Å². The van der Waals surface area contributed by atoms with E-state index in [1.54, 1.807) is 0 Å². The van der Waals surface area contributed by atoms with Crippen molar-refractivity contribution in [1.29, 1.82) is 0 Å². The van der Waals surface area contributed by atoms with Crippen LogP contribution in [0, 0.1) is 10.5 Å². The minimum atomic E-state index is 0.591. The molecule has 1 aromatic rings. The molecule has 0 amide bonds. The Labute approximate surface area is 111 Å². The van der Waals surface area contributed by atoms with Crippen LogP contribution in [0.3, 0.4) is 0 Å². The minimum Gasteiger partial charge on any atom is -0.369 e. The molecule has 1 N–H and O–H groups in total. The third kappa shape index (κ3) is 2.47. The van der Waals surface area contributed by atoms with Gasteiger partial charge in [0, 0.05) is 12.5 Å². The zero-order valence-corrected chi connectivity index (χ0v) is 12.0. The smallest absolute Gasteiger partial charge is 0.143 e. The lowest BCUT2D eigenvalue weighted by Crippen LogP contribution is -2.10. The summed E-state index contributed by atoms with van der Waals surface area (Å²) in [4.78, 5) is 9.31. The van der Waals surface area contributed by atoms with Gasteiger partial charge < -0.3 is 5.32 Å². The van der Waals surface area contributed by atoms with Gasteiger partial charge in [-0.1, -0.05) is 12.8 Å². The van der Waals surface area contributed by atoms with E-state index in [4.69, 9.17) is 0 Å². The highest BCUT2D eigenvalue weighted by Crippen LogP contribution is 2.33. The number of halogens is 1. The van der Waals surface area contributed by atoms with Gasteiger partial charge in [-0.3, -0.25) is 0 Å². The van der Waals surface area contributed by atoms with Gasteiger partial charge in [0.15, 0.2) is 0 Å². The number of hydrogen-bond acceptors (Lipinski definition) is 3. The molecule has 0 aromatic carbocycles. The summed E-state index contributed by atoms with van der Waals surface area (Å²) in [5.74, 6) is 2.65. The lowest BCUT2D eigenvalue weighted by atomic mass is 10.1. The maximum atomic E-state index is 4.68.